The SMILES string of the molecule is Cc1cccc(NC(=O)Cn2cc3c(c2)C(=O)CCC3)c1. The van der Waals surface area contributed by atoms with E-state index in [2.05, 4.69) is 5.32 Å². The quantitative estimate of drug-likeness (QED) is 0.941. The van der Waals surface area contributed by atoms with Gasteiger partial charge in [-0.3, -0.25) is 9.59 Å². The molecule has 0 aliphatic heterocycles. The number of Topliss-reactive ketones (excluding diaryl/α,β-unsaturated/α-hetero) is 1. The highest BCUT2D eigenvalue weighted by Gasteiger charge is 2.19. The van der Waals surface area contributed by atoms with Crippen molar-refractivity contribution in [3.05, 3.63) is 53.3 Å². The van der Waals surface area contributed by atoms with Gasteiger partial charge in [-0.25, -0.2) is 0 Å². The fourth-order valence-corrected chi connectivity index (χ4v) is 2.76. The Morgan fingerprint density at radius 2 is 2.14 bits per heavy atom. The molecule has 108 valence electrons. The van der Waals surface area contributed by atoms with Gasteiger partial charge >= 0.3 is 0 Å². The molecular formula is C17H18N2O2. The second-order valence-electron chi connectivity index (χ2n) is 5.56. The van der Waals surface area contributed by atoms with Crippen molar-refractivity contribution in [3.63, 3.8) is 0 Å². The molecule has 1 aliphatic carbocycles. The number of nitrogens with one attached hydrogen (secondary N) is 1. The summed E-state index contributed by atoms with van der Waals surface area (Å²) in [7, 11) is 0. The molecule has 1 aromatic carbocycles. The van der Waals surface area contributed by atoms with Crippen LogP contribution in [-0.4, -0.2) is 16.3 Å². The zero-order valence-electron chi connectivity index (χ0n) is 12.1. The minimum atomic E-state index is -0.0830. The van der Waals surface area contributed by atoms with Gasteiger partial charge in [0.25, 0.3) is 0 Å². The maximum absolute atomic E-state index is 12.1. The molecule has 0 fully saturated rings. The molecule has 0 bridgehead atoms. The van der Waals surface area contributed by atoms with Crippen molar-refractivity contribution in [3.8, 4) is 0 Å². The third kappa shape index (κ3) is 3.05. The Labute approximate surface area is 123 Å². The van der Waals surface area contributed by atoms with Crippen molar-refractivity contribution in [2.75, 3.05) is 5.32 Å². The lowest BCUT2D eigenvalue weighted by Gasteiger charge is -2.07. The lowest BCUT2D eigenvalue weighted by molar-refractivity contribution is -0.116. The van der Waals surface area contributed by atoms with E-state index in [0.717, 1.165) is 35.2 Å². The molecule has 4 nitrogen and oxygen atoms in total. The van der Waals surface area contributed by atoms with Gasteiger partial charge in [0.15, 0.2) is 5.78 Å². The summed E-state index contributed by atoms with van der Waals surface area (Å²) in [4.78, 5) is 23.9. The number of aryl methyl sites for hydroxylation is 2. The van der Waals surface area contributed by atoms with E-state index in [9.17, 15) is 9.59 Å². The van der Waals surface area contributed by atoms with Gasteiger partial charge in [0.05, 0.1) is 0 Å². The van der Waals surface area contributed by atoms with E-state index in [1.54, 1.807) is 10.8 Å². The molecule has 1 heterocycles. The third-order valence-electron chi connectivity index (χ3n) is 3.74. The second kappa shape index (κ2) is 5.56. The van der Waals surface area contributed by atoms with Crippen molar-refractivity contribution in [2.24, 2.45) is 0 Å². The van der Waals surface area contributed by atoms with Gasteiger partial charge in [-0.2, -0.15) is 0 Å². The summed E-state index contributed by atoms with van der Waals surface area (Å²) in [6.45, 7) is 2.22. The number of benzene rings is 1. The van der Waals surface area contributed by atoms with E-state index in [0.29, 0.717) is 6.42 Å². The first-order valence-corrected chi connectivity index (χ1v) is 7.20. The van der Waals surface area contributed by atoms with Crippen LogP contribution in [0.3, 0.4) is 0 Å². The summed E-state index contributed by atoms with van der Waals surface area (Å²) in [5.41, 5.74) is 3.75. The van der Waals surface area contributed by atoms with Crippen molar-refractivity contribution in [2.45, 2.75) is 32.7 Å². The number of amides is 1. The summed E-state index contributed by atoms with van der Waals surface area (Å²) in [5.74, 6) is 0.106. The highest BCUT2D eigenvalue weighted by molar-refractivity contribution is 5.98. The summed E-state index contributed by atoms with van der Waals surface area (Å²) in [6, 6.07) is 7.70. The molecule has 4 heteroatoms. The van der Waals surface area contributed by atoms with Gasteiger partial charge in [0.1, 0.15) is 6.54 Å². The number of hydrogen-bond acceptors (Lipinski definition) is 2. The Balaban J connectivity index is 1.69. The van der Waals surface area contributed by atoms with Crippen LogP contribution in [-0.2, 0) is 17.8 Å². The van der Waals surface area contributed by atoms with E-state index in [-0.39, 0.29) is 18.2 Å². The van der Waals surface area contributed by atoms with Crippen molar-refractivity contribution in [1.82, 2.24) is 4.57 Å². The number of nitrogens with zero attached hydrogens (tertiary/aromatic N) is 1. The third-order valence-corrected chi connectivity index (χ3v) is 3.74. The van der Waals surface area contributed by atoms with Crippen molar-refractivity contribution < 1.29 is 9.59 Å². The zero-order valence-corrected chi connectivity index (χ0v) is 12.1. The lowest BCUT2D eigenvalue weighted by Crippen LogP contribution is -2.17. The zero-order chi connectivity index (χ0) is 14.8. The summed E-state index contributed by atoms with van der Waals surface area (Å²) in [5, 5.41) is 2.88. The van der Waals surface area contributed by atoms with Gasteiger partial charge in [0, 0.05) is 30.1 Å². The Hall–Kier alpha value is -2.36. The van der Waals surface area contributed by atoms with E-state index < -0.39 is 0 Å². The molecule has 3 rings (SSSR count). The van der Waals surface area contributed by atoms with Crippen LogP contribution >= 0.6 is 0 Å². The number of hydrogen-bond donors (Lipinski definition) is 1. The number of ketones is 1. The van der Waals surface area contributed by atoms with Crippen LogP contribution in [0, 0.1) is 6.92 Å². The van der Waals surface area contributed by atoms with Gasteiger partial charge in [-0.15, -0.1) is 0 Å². The standard InChI is InChI=1S/C17H18N2O2/c1-12-4-2-6-14(8-12)18-17(21)11-19-9-13-5-3-7-16(20)15(13)10-19/h2,4,6,8-10H,3,5,7,11H2,1H3,(H,18,21). The van der Waals surface area contributed by atoms with Crippen LogP contribution in [0.15, 0.2) is 36.7 Å². The van der Waals surface area contributed by atoms with Gasteiger partial charge in [0.2, 0.25) is 5.91 Å². The van der Waals surface area contributed by atoms with Crippen LogP contribution < -0.4 is 5.32 Å². The van der Waals surface area contributed by atoms with Crippen LogP contribution in [0.2, 0.25) is 0 Å². The monoisotopic (exact) mass is 282 g/mol. The maximum atomic E-state index is 12.1. The highest BCUT2D eigenvalue weighted by atomic mass is 16.2. The largest absolute Gasteiger partial charge is 0.344 e. The maximum Gasteiger partial charge on any atom is 0.244 e. The Kier molecular flexibility index (Phi) is 3.60. The average Bonchev–Trinajstić information content (AvgIpc) is 2.82. The molecule has 0 unspecified atom stereocenters. The molecule has 0 saturated heterocycles. The first kappa shape index (κ1) is 13.6. The molecule has 1 aromatic heterocycles. The highest BCUT2D eigenvalue weighted by Crippen LogP contribution is 2.22. The van der Waals surface area contributed by atoms with E-state index in [1.165, 1.54) is 0 Å². The first-order valence-electron chi connectivity index (χ1n) is 7.20. The predicted molar refractivity (Wildman–Crippen MR) is 81.5 cm³/mol. The van der Waals surface area contributed by atoms with Gasteiger partial charge in [-0.05, 0) is 43.0 Å². The van der Waals surface area contributed by atoms with E-state index in [4.69, 9.17) is 0 Å². The molecule has 1 aliphatic rings. The number of carbonyl (C=O) groups is 2. The Morgan fingerprint density at radius 1 is 1.29 bits per heavy atom. The molecule has 0 saturated carbocycles. The molecular weight excluding hydrogens is 264 g/mol. The second-order valence-corrected chi connectivity index (χ2v) is 5.56. The van der Waals surface area contributed by atoms with Crippen molar-refractivity contribution in [1.29, 1.82) is 0 Å². The van der Waals surface area contributed by atoms with Gasteiger partial charge in [-0.1, -0.05) is 12.1 Å². The topological polar surface area (TPSA) is 51.1 Å². The predicted octanol–water partition coefficient (Wildman–Crippen LogP) is 2.95. The number of carbonyl (C=O) groups excluding carboxylic acids is 2. The summed E-state index contributed by atoms with van der Waals surface area (Å²) >= 11 is 0. The molecule has 0 spiro atoms. The smallest absolute Gasteiger partial charge is 0.244 e. The molecule has 1 amide bonds. The Bertz CT molecular complexity index is 701. The fraction of sp³-hybridized carbons (Fsp3) is 0.294. The number of fused-ring (bicyclic) bond motifs is 1. The normalized spacial score (nSPS) is 13.9. The molecule has 0 atom stereocenters. The van der Waals surface area contributed by atoms with E-state index in [1.807, 2.05) is 37.4 Å². The lowest BCUT2D eigenvalue weighted by atomic mass is 9.95. The fourth-order valence-electron chi connectivity index (χ4n) is 2.76. The van der Waals surface area contributed by atoms with Crippen LogP contribution in [0.5, 0.6) is 0 Å². The molecule has 0 radical (unpaired) electrons. The molecule has 2 aromatic rings. The summed E-state index contributed by atoms with van der Waals surface area (Å²) in [6.07, 6.45) is 6.17. The minimum absolute atomic E-state index is 0.0830. The minimum Gasteiger partial charge on any atom is -0.344 e. The number of rotatable bonds is 3. The van der Waals surface area contributed by atoms with Crippen molar-refractivity contribution >= 4 is 17.4 Å². The first-order chi connectivity index (χ1) is 10.1. The average molecular weight is 282 g/mol. The summed E-state index contributed by atoms with van der Waals surface area (Å²) < 4.78 is 1.80. The van der Waals surface area contributed by atoms with Crippen LogP contribution in [0.1, 0.15) is 34.3 Å². The Morgan fingerprint density at radius 3 is 2.90 bits per heavy atom. The van der Waals surface area contributed by atoms with Crippen LogP contribution in [0.4, 0.5) is 5.69 Å². The molecule has 1 N–H and O–H groups in total. The number of aromatic nitrogens is 1. The molecule has 21 heavy (non-hydrogen) atoms. The van der Waals surface area contributed by atoms with Gasteiger partial charge < -0.3 is 9.88 Å². The number of anilines is 1. The van der Waals surface area contributed by atoms with E-state index >= 15 is 0 Å². The van der Waals surface area contributed by atoms with Crippen LogP contribution in [0.25, 0.3) is 0 Å².